The second-order valence-electron chi connectivity index (χ2n) is 7.66. The van der Waals surface area contributed by atoms with E-state index in [1.165, 1.54) is 0 Å². The third-order valence-electron chi connectivity index (χ3n) is 5.99. The molecular weight excluding hydrogens is 384 g/mol. The molecule has 0 amide bonds. The summed E-state index contributed by atoms with van der Waals surface area (Å²) in [6.07, 6.45) is -0.0271. The Bertz CT molecular complexity index is 1190. The maximum Gasteiger partial charge on any atom is 0.164 e. The highest BCUT2D eigenvalue weighted by Crippen LogP contribution is 2.56. The van der Waals surface area contributed by atoms with Gasteiger partial charge in [-0.1, -0.05) is 91.0 Å². The fourth-order valence-electron chi connectivity index (χ4n) is 4.52. The lowest BCUT2D eigenvalue weighted by molar-refractivity contribution is -0.118. The van der Waals surface area contributed by atoms with Crippen LogP contribution in [0.15, 0.2) is 96.6 Å². The largest absolute Gasteiger partial charge is 0.507 e. The number of Topliss-reactive ketones (excluding diaryl/α,β-unsaturated/α-hetero) is 1. The summed E-state index contributed by atoms with van der Waals surface area (Å²) in [7, 11) is 0. The Kier molecular flexibility index (Phi) is 5.39. The Morgan fingerprint density at radius 3 is 1.81 bits per heavy atom. The van der Waals surface area contributed by atoms with Gasteiger partial charge in [0.15, 0.2) is 11.2 Å². The lowest BCUT2D eigenvalue weighted by atomic mass is 9.55. The predicted octanol–water partition coefficient (Wildman–Crippen LogP) is 5.53. The Morgan fingerprint density at radius 2 is 1.29 bits per heavy atom. The molecule has 2 atom stereocenters. The van der Waals surface area contributed by atoms with Gasteiger partial charge in [0.05, 0.1) is 12.1 Å². The van der Waals surface area contributed by atoms with E-state index in [1.54, 1.807) is 36.4 Å². The molecule has 0 radical (unpaired) electrons. The molecule has 4 heteroatoms. The second-order valence-corrected chi connectivity index (χ2v) is 7.66. The van der Waals surface area contributed by atoms with E-state index in [9.17, 15) is 20.4 Å². The van der Waals surface area contributed by atoms with Crippen LogP contribution in [-0.2, 0) is 4.79 Å². The second kappa shape index (κ2) is 8.30. The molecule has 31 heavy (non-hydrogen) atoms. The van der Waals surface area contributed by atoms with Crippen LogP contribution in [0.5, 0.6) is 0 Å². The number of hydrogen-bond acceptors (Lipinski definition) is 4. The molecule has 1 aliphatic carbocycles. The number of allylic oxidation sites excluding steroid dienone is 1. The van der Waals surface area contributed by atoms with Gasteiger partial charge in [0.2, 0.25) is 0 Å². The minimum atomic E-state index is -1.56. The molecular formula is C27H20N2O2. The van der Waals surface area contributed by atoms with Crippen LogP contribution in [0.1, 0.15) is 34.9 Å². The van der Waals surface area contributed by atoms with Crippen molar-refractivity contribution < 1.29 is 9.90 Å². The first-order valence-corrected chi connectivity index (χ1v) is 10.1. The van der Waals surface area contributed by atoms with E-state index in [1.807, 2.05) is 54.6 Å². The maximum atomic E-state index is 13.5. The number of ketones is 1. The third-order valence-corrected chi connectivity index (χ3v) is 5.99. The Hall–Kier alpha value is -4.15. The first kappa shape index (κ1) is 20.1. The summed E-state index contributed by atoms with van der Waals surface area (Å²) >= 11 is 0. The number of rotatable bonds is 3. The molecule has 0 bridgehead atoms. The van der Waals surface area contributed by atoms with Gasteiger partial charge in [-0.05, 0) is 11.1 Å². The normalized spacial score (nSPS) is 21.5. The van der Waals surface area contributed by atoms with Gasteiger partial charge in [0, 0.05) is 29.4 Å². The predicted molar refractivity (Wildman–Crippen MR) is 118 cm³/mol. The Balaban J connectivity index is 2.02. The molecule has 3 aromatic carbocycles. The lowest BCUT2D eigenvalue weighted by Crippen LogP contribution is -2.42. The first-order valence-electron chi connectivity index (χ1n) is 10.1. The molecule has 150 valence electrons. The Labute approximate surface area is 181 Å². The number of carbonyl (C=O) groups excluding carboxylic acids is 1. The zero-order chi connectivity index (χ0) is 21.8. The smallest absolute Gasteiger partial charge is 0.164 e. The molecule has 1 aliphatic rings. The van der Waals surface area contributed by atoms with Gasteiger partial charge in [-0.15, -0.1) is 0 Å². The van der Waals surface area contributed by atoms with E-state index < -0.39 is 17.3 Å². The number of aliphatic hydroxyl groups is 1. The average Bonchev–Trinajstić information content (AvgIpc) is 2.84. The van der Waals surface area contributed by atoms with E-state index in [-0.39, 0.29) is 23.5 Å². The van der Waals surface area contributed by atoms with Crippen molar-refractivity contribution in [2.75, 3.05) is 0 Å². The van der Waals surface area contributed by atoms with Gasteiger partial charge in [-0.2, -0.15) is 10.5 Å². The van der Waals surface area contributed by atoms with Crippen LogP contribution in [0, 0.1) is 28.1 Å². The van der Waals surface area contributed by atoms with Crippen molar-refractivity contribution >= 4 is 11.5 Å². The SMILES string of the molecule is N#CC1(C#N)[C@@H](c2ccccc2)CC(=O)/C(=C(/O)c2ccccc2)[C@@H]1c1ccccc1. The van der Waals surface area contributed by atoms with Crippen molar-refractivity contribution in [1.29, 1.82) is 10.5 Å². The van der Waals surface area contributed by atoms with Crippen LogP contribution in [0.25, 0.3) is 5.76 Å². The van der Waals surface area contributed by atoms with Crippen molar-refractivity contribution in [2.45, 2.75) is 18.3 Å². The van der Waals surface area contributed by atoms with Crippen LogP contribution in [0.2, 0.25) is 0 Å². The molecule has 0 aromatic heterocycles. The topological polar surface area (TPSA) is 84.9 Å². The van der Waals surface area contributed by atoms with Crippen molar-refractivity contribution in [3.8, 4) is 12.1 Å². The summed E-state index contributed by atoms with van der Waals surface area (Å²) in [6.45, 7) is 0. The summed E-state index contributed by atoms with van der Waals surface area (Å²) in [4.78, 5) is 13.5. The van der Waals surface area contributed by atoms with E-state index in [4.69, 9.17) is 0 Å². The van der Waals surface area contributed by atoms with Crippen LogP contribution in [-0.4, -0.2) is 10.9 Å². The highest BCUT2D eigenvalue weighted by atomic mass is 16.3. The number of nitriles is 2. The molecule has 0 aliphatic heterocycles. The van der Waals surface area contributed by atoms with Crippen LogP contribution in [0.4, 0.5) is 0 Å². The van der Waals surface area contributed by atoms with E-state index >= 15 is 0 Å². The number of hydrogen-bond donors (Lipinski definition) is 1. The molecule has 4 rings (SSSR count). The number of nitrogens with zero attached hydrogens (tertiary/aromatic N) is 2. The summed E-state index contributed by atoms with van der Waals surface area (Å²) < 4.78 is 0. The van der Waals surface area contributed by atoms with Crippen LogP contribution in [0.3, 0.4) is 0 Å². The summed E-state index contributed by atoms with van der Waals surface area (Å²) in [5, 5.41) is 31.9. The number of carbonyl (C=O) groups is 1. The van der Waals surface area contributed by atoms with Crippen LogP contribution < -0.4 is 0 Å². The molecule has 1 saturated carbocycles. The fourth-order valence-corrected chi connectivity index (χ4v) is 4.52. The lowest BCUT2D eigenvalue weighted by Gasteiger charge is -2.41. The first-order chi connectivity index (χ1) is 15.1. The number of benzene rings is 3. The summed E-state index contributed by atoms with van der Waals surface area (Å²) in [5.74, 6) is -1.95. The van der Waals surface area contributed by atoms with E-state index in [2.05, 4.69) is 12.1 Å². The van der Waals surface area contributed by atoms with Crippen molar-refractivity contribution in [1.82, 2.24) is 0 Å². The quantitative estimate of drug-likeness (QED) is 0.459. The molecule has 0 heterocycles. The van der Waals surface area contributed by atoms with Gasteiger partial charge in [-0.3, -0.25) is 4.79 Å². The molecule has 0 saturated heterocycles. The van der Waals surface area contributed by atoms with Gasteiger partial charge in [0.25, 0.3) is 0 Å². The zero-order valence-corrected chi connectivity index (χ0v) is 16.8. The molecule has 3 aromatic rings. The highest BCUT2D eigenvalue weighted by Gasteiger charge is 2.56. The molecule has 0 spiro atoms. The average molecular weight is 404 g/mol. The Morgan fingerprint density at radius 1 is 0.806 bits per heavy atom. The van der Waals surface area contributed by atoms with Gasteiger partial charge < -0.3 is 5.11 Å². The van der Waals surface area contributed by atoms with Crippen LogP contribution >= 0.6 is 0 Å². The monoisotopic (exact) mass is 404 g/mol. The molecule has 1 N–H and O–H groups in total. The minimum Gasteiger partial charge on any atom is -0.507 e. The van der Waals surface area contributed by atoms with Gasteiger partial charge in [-0.25, -0.2) is 0 Å². The summed E-state index contributed by atoms with van der Waals surface area (Å²) in [5.41, 5.74) is 0.451. The molecule has 1 fully saturated rings. The van der Waals surface area contributed by atoms with Crippen molar-refractivity contribution in [3.05, 3.63) is 113 Å². The maximum absolute atomic E-state index is 13.5. The molecule has 4 nitrogen and oxygen atoms in total. The third kappa shape index (κ3) is 3.39. The van der Waals surface area contributed by atoms with E-state index in [0.717, 1.165) is 5.56 Å². The highest BCUT2D eigenvalue weighted by molar-refractivity contribution is 6.05. The standard InChI is InChI=1S/C27H20N2O2/c28-17-27(18-29)22(19-10-4-1-5-11-19)16-23(30)24(25(27)20-12-6-2-7-13-20)26(31)21-14-8-3-9-15-21/h1-15,22,25,31H,16H2/b26-24-/t22-,25+/m1/s1. The summed E-state index contributed by atoms with van der Waals surface area (Å²) in [6, 6.07) is 31.6. The van der Waals surface area contributed by atoms with E-state index in [0.29, 0.717) is 11.1 Å². The number of aliphatic hydroxyl groups excluding tert-OH is 1. The molecule has 0 unspecified atom stereocenters. The fraction of sp³-hybridized carbons (Fsp3) is 0.148. The minimum absolute atomic E-state index is 0.0271. The van der Waals surface area contributed by atoms with Gasteiger partial charge in [0.1, 0.15) is 5.76 Å². The van der Waals surface area contributed by atoms with Gasteiger partial charge >= 0.3 is 0 Å². The van der Waals surface area contributed by atoms with Crippen molar-refractivity contribution in [2.24, 2.45) is 5.41 Å². The zero-order valence-electron chi connectivity index (χ0n) is 16.8. The van der Waals surface area contributed by atoms with Crippen molar-refractivity contribution in [3.63, 3.8) is 0 Å².